The molecule has 0 spiro atoms. The van der Waals surface area contributed by atoms with Crippen molar-refractivity contribution < 1.29 is 58.6 Å². The van der Waals surface area contributed by atoms with Gasteiger partial charge in [-0.25, -0.2) is 8.42 Å². The third-order valence-corrected chi connectivity index (χ3v) is 9.78. The number of benzene rings is 3. The number of rotatable bonds is 11. The number of pyridine rings is 1. The van der Waals surface area contributed by atoms with Crippen molar-refractivity contribution in [3.8, 4) is 17.2 Å². The summed E-state index contributed by atoms with van der Waals surface area (Å²) in [5.41, 5.74) is -0.530. The van der Waals surface area contributed by atoms with Crippen molar-refractivity contribution in [1.82, 2.24) is 9.71 Å². The number of ether oxygens (including phenoxy) is 3. The van der Waals surface area contributed by atoms with Crippen LogP contribution in [0.1, 0.15) is 45.5 Å². The highest BCUT2D eigenvalue weighted by atomic mass is 32.2. The SMILES string of the molecule is COc1ccccc1C1(C(=O)NS(=O)(=O)Cc2ccc(N3Cc4c(c(OCC(F)(F)F)c5cccnc5c4OCC(F)(F)F)C3=O)c(C)c2)CC1. The van der Waals surface area contributed by atoms with E-state index in [4.69, 9.17) is 14.2 Å². The molecular formula is C34H29F6N3O7S. The Hall–Kier alpha value is -5.06. The van der Waals surface area contributed by atoms with Gasteiger partial charge in [-0.1, -0.05) is 30.3 Å². The van der Waals surface area contributed by atoms with Crippen molar-refractivity contribution in [3.63, 3.8) is 0 Å². The average Bonchev–Trinajstić information content (AvgIpc) is 3.80. The molecule has 4 aromatic rings. The van der Waals surface area contributed by atoms with E-state index in [0.717, 1.165) is 4.90 Å². The highest BCUT2D eigenvalue weighted by Gasteiger charge is 2.53. The number of nitrogens with one attached hydrogen (secondary N) is 1. The van der Waals surface area contributed by atoms with E-state index in [0.29, 0.717) is 29.7 Å². The monoisotopic (exact) mass is 737 g/mol. The zero-order chi connectivity index (χ0) is 36.9. The first-order valence-corrected chi connectivity index (χ1v) is 17.0. The molecule has 0 atom stereocenters. The van der Waals surface area contributed by atoms with Crippen LogP contribution >= 0.6 is 0 Å². The number of alkyl halides is 6. The lowest BCUT2D eigenvalue weighted by Gasteiger charge is -2.20. The Morgan fingerprint density at radius 1 is 0.961 bits per heavy atom. The minimum absolute atomic E-state index is 0.161. The molecule has 1 fully saturated rings. The molecule has 1 aromatic heterocycles. The van der Waals surface area contributed by atoms with Gasteiger partial charge in [-0.05, 0) is 55.2 Å². The molecular weight excluding hydrogens is 708 g/mol. The standard InChI is InChI=1S/C34H29F6N3O7S/c1-19-14-20(16-51(46,47)42-31(45)32(11-12-32)23-7-3-4-8-25(23)48-2)9-10-24(19)43-15-22-26(30(43)44)28(49-17-33(35,36)37)21-6-5-13-41-27(21)29(22)50-18-34(38,39)40/h3-10,13-14H,11-12,15-18H2,1-2H3,(H,42,45). The summed E-state index contributed by atoms with van der Waals surface area (Å²) in [5.74, 6) is -2.70. The summed E-state index contributed by atoms with van der Waals surface area (Å²) < 4.78 is 124. The molecule has 1 N–H and O–H groups in total. The Kier molecular flexibility index (Phi) is 9.06. The summed E-state index contributed by atoms with van der Waals surface area (Å²) in [4.78, 5) is 32.3. The number of carbonyl (C=O) groups is 2. The van der Waals surface area contributed by atoms with E-state index in [1.54, 1.807) is 31.2 Å². The fraction of sp³-hybridized carbons (Fsp3) is 0.324. The van der Waals surface area contributed by atoms with Crippen LogP contribution in [-0.4, -0.2) is 57.9 Å². The zero-order valence-electron chi connectivity index (χ0n) is 26.9. The largest absolute Gasteiger partial charge is 0.496 e. The van der Waals surface area contributed by atoms with Gasteiger partial charge in [0.15, 0.2) is 19.0 Å². The molecule has 2 amide bonds. The molecule has 1 aliphatic heterocycles. The Bertz CT molecular complexity index is 2150. The topological polar surface area (TPSA) is 124 Å². The van der Waals surface area contributed by atoms with Crippen LogP contribution < -0.4 is 23.8 Å². The van der Waals surface area contributed by atoms with Crippen LogP contribution in [0.2, 0.25) is 0 Å². The first-order chi connectivity index (χ1) is 23.9. The second-order valence-electron chi connectivity index (χ2n) is 12.2. The van der Waals surface area contributed by atoms with Gasteiger partial charge in [0.05, 0.1) is 30.4 Å². The van der Waals surface area contributed by atoms with E-state index in [1.807, 2.05) is 0 Å². The van der Waals surface area contributed by atoms with Crippen LogP contribution in [0.3, 0.4) is 0 Å². The third-order valence-electron chi connectivity index (χ3n) is 8.57. The van der Waals surface area contributed by atoms with Gasteiger partial charge in [-0.15, -0.1) is 0 Å². The third kappa shape index (κ3) is 7.25. The van der Waals surface area contributed by atoms with Crippen molar-refractivity contribution in [2.75, 3.05) is 25.2 Å². The average molecular weight is 738 g/mol. The summed E-state index contributed by atoms with van der Waals surface area (Å²) in [6.45, 7) is -2.43. The number of hydrogen-bond acceptors (Lipinski definition) is 8. The lowest BCUT2D eigenvalue weighted by atomic mass is 9.94. The number of carbonyl (C=O) groups excluding carboxylic acids is 2. The van der Waals surface area contributed by atoms with Crippen LogP contribution in [0.5, 0.6) is 17.2 Å². The van der Waals surface area contributed by atoms with Gasteiger partial charge in [-0.3, -0.25) is 19.3 Å². The van der Waals surface area contributed by atoms with Crippen LogP contribution in [0.25, 0.3) is 10.9 Å². The molecule has 51 heavy (non-hydrogen) atoms. The predicted octanol–water partition coefficient (Wildman–Crippen LogP) is 6.27. The van der Waals surface area contributed by atoms with Crippen molar-refractivity contribution in [3.05, 3.63) is 88.6 Å². The zero-order valence-corrected chi connectivity index (χ0v) is 27.8. The van der Waals surface area contributed by atoms with Gasteiger partial charge in [0.1, 0.15) is 17.0 Å². The van der Waals surface area contributed by atoms with Crippen LogP contribution in [0.4, 0.5) is 32.0 Å². The molecule has 0 radical (unpaired) electrons. The lowest BCUT2D eigenvalue weighted by Crippen LogP contribution is -2.39. The molecule has 1 aliphatic carbocycles. The maximum absolute atomic E-state index is 13.9. The number of methoxy groups -OCH3 is 1. The highest BCUT2D eigenvalue weighted by molar-refractivity contribution is 7.89. The van der Waals surface area contributed by atoms with E-state index >= 15 is 0 Å². The predicted molar refractivity (Wildman–Crippen MR) is 171 cm³/mol. The van der Waals surface area contributed by atoms with Crippen LogP contribution in [0.15, 0.2) is 60.8 Å². The quantitative estimate of drug-likeness (QED) is 0.179. The van der Waals surface area contributed by atoms with Gasteiger partial charge in [-0.2, -0.15) is 26.3 Å². The number of sulfonamides is 1. The minimum Gasteiger partial charge on any atom is -0.496 e. The lowest BCUT2D eigenvalue weighted by molar-refractivity contribution is -0.154. The minimum atomic E-state index is -4.81. The van der Waals surface area contributed by atoms with E-state index in [-0.39, 0.29) is 27.7 Å². The van der Waals surface area contributed by atoms with E-state index in [2.05, 4.69) is 9.71 Å². The number of amides is 2. The molecule has 6 rings (SSSR count). The molecule has 1 saturated carbocycles. The number of fused-ring (bicyclic) bond motifs is 2. The number of hydrogen-bond donors (Lipinski definition) is 1. The Labute approximate surface area is 287 Å². The summed E-state index contributed by atoms with van der Waals surface area (Å²) in [6.07, 6.45) is -7.55. The van der Waals surface area contributed by atoms with Gasteiger partial charge >= 0.3 is 12.4 Å². The molecule has 17 heteroatoms. The smallest absolute Gasteiger partial charge is 0.422 e. The second kappa shape index (κ2) is 12.9. The van der Waals surface area contributed by atoms with E-state index in [1.165, 1.54) is 43.6 Å². The Morgan fingerprint density at radius 2 is 1.63 bits per heavy atom. The Balaban J connectivity index is 1.29. The normalized spacial score (nSPS) is 15.5. The van der Waals surface area contributed by atoms with Gasteiger partial charge in [0.2, 0.25) is 15.9 Å². The maximum Gasteiger partial charge on any atom is 0.422 e. The van der Waals surface area contributed by atoms with Crippen LogP contribution in [0, 0.1) is 6.92 Å². The number of anilines is 1. The number of aromatic nitrogens is 1. The van der Waals surface area contributed by atoms with Crippen molar-refractivity contribution >= 4 is 38.4 Å². The molecule has 0 unspecified atom stereocenters. The highest BCUT2D eigenvalue weighted by Crippen LogP contribution is 2.52. The first-order valence-electron chi connectivity index (χ1n) is 15.4. The number of aryl methyl sites for hydroxylation is 1. The molecule has 0 bridgehead atoms. The molecule has 3 aromatic carbocycles. The van der Waals surface area contributed by atoms with E-state index in [9.17, 15) is 44.3 Å². The van der Waals surface area contributed by atoms with Crippen LogP contribution in [-0.2, 0) is 32.5 Å². The number of halogens is 6. The summed E-state index contributed by atoms with van der Waals surface area (Å²) in [7, 11) is -2.77. The van der Waals surface area contributed by atoms with E-state index < -0.39 is 82.2 Å². The molecule has 0 saturated heterocycles. The van der Waals surface area contributed by atoms with Crippen molar-refractivity contribution in [2.45, 2.75) is 49.8 Å². The summed E-state index contributed by atoms with van der Waals surface area (Å²) in [6, 6.07) is 13.6. The van der Waals surface area contributed by atoms with Crippen molar-refractivity contribution in [1.29, 1.82) is 0 Å². The number of para-hydroxylation sites is 1. The fourth-order valence-corrected chi connectivity index (χ4v) is 7.40. The Morgan fingerprint density at radius 3 is 2.25 bits per heavy atom. The molecule has 10 nitrogen and oxygen atoms in total. The first kappa shape index (κ1) is 35.8. The summed E-state index contributed by atoms with van der Waals surface area (Å²) in [5, 5.41) is -0.161. The molecule has 2 heterocycles. The van der Waals surface area contributed by atoms with Gasteiger partial charge in [0, 0.05) is 28.4 Å². The van der Waals surface area contributed by atoms with Crippen molar-refractivity contribution in [2.24, 2.45) is 0 Å². The summed E-state index contributed by atoms with van der Waals surface area (Å²) >= 11 is 0. The fourth-order valence-electron chi connectivity index (χ4n) is 6.24. The number of nitrogens with zero attached hydrogens (tertiary/aromatic N) is 2. The molecule has 2 aliphatic rings. The maximum atomic E-state index is 13.9. The van der Waals surface area contributed by atoms with Gasteiger partial charge in [0.25, 0.3) is 5.91 Å². The second-order valence-corrected chi connectivity index (χ2v) is 13.9. The molecule has 270 valence electrons. The van der Waals surface area contributed by atoms with Gasteiger partial charge < -0.3 is 19.1 Å².